The molecule has 1 aliphatic heterocycles. The molecule has 1 aromatic rings. The van der Waals surface area contributed by atoms with Gasteiger partial charge in [0.25, 0.3) is 0 Å². The van der Waals surface area contributed by atoms with Gasteiger partial charge in [-0.25, -0.2) is 9.18 Å². The number of hydrogen-bond donors (Lipinski definition) is 2. The van der Waals surface area contributed by atoms with Crippen LogP contribution in [-0.4, -0.2) is 35.1 Å². The molecule has 3 atom stereocenters. The minimum absolute atomic E-state index is 0.187. The van der Waals surface area contributed by atoms with Gasteiger partial charge in [0.2, 0.25) is 0 Å². The summed E-state index contributed by atoms with van der Waals surface area (Å²) in [5, 5.41) is 0. The fourth-order valence-corrected chi connectivity index (χ4v) is 3.75. The van der Waals surface area contributed by atoms with E-state index in [1.54, 1.807) is 6.07 Å². The Kier molecular flexibility index (Phi) is 6.76. The highest BCUT2D eigenvalue weighted by atomic mass is 32.2. The first-order chi connectivity index (χ1) is 12.1. The van der Waals surface area contributed by atoms with E-state index >= 15 is 0 Å². The van der Waals surface area contributed by atoms with Crippen molar-refractivity contribution < 1.29 is 18.5 Å². The lowest BCUT2D eigenvalue weighted by atomic mass is 10.1. The molecule has 1 fully saturated rings. The minimum Gasteiger partial charge on any atom is -0.598 e. The highest BCUT2D eigenvalue weighted by Crippen LogP contribution is 2.32. The lowest BCUT2D eigenvalue weighted by Crippen LogP contribution is -2.41. The van der Waals surface area contributed by atoms with Gasteiger partial charge >= 0.3 is 6.09 Å². The number of carbonyl (C=O) groups excluding carboxylic acids is 1. The maximum Gasteiger partial charge on any atom is 0.404 e. The second kappa shape index (κ2) is 8.45. The zero-order valence-corrected chi connectivity index (χ0v) is 16.6. The number of nitrogens with two attached hydrogens (primary N) is 1. The molecule has 0 aliphatic carbocycles. The first-order valence-corrected chi connectivity index (χ1v) is 9.87. The van der Waals surface area contributed by atoms with Crippen LogP contribution in [0.15, 0.2) is 18.2 Å². The fraction of sp³-hybridized carbons (Fsp3) is 0.611. The third-order valence-corrected chi connectivity index (χ3v) is 6.06. The minimum atomic E-state index is -1.26. The highest BCUT2D eigenvalue weighted by Gasteiger charge is 2.31. The quantitative estimate of drug-likeness (QED) is 0.735. The van der Waals surface area contributed by atoms with Crippen LogP contribution in [-0.2, 0) is 16.1 Å². The number of primary amides is 1. The Hall–Kier alpha value is -1.51. The third-order valence-electron chi connectivity index (χ3n) is 4.38. The van der Waals surface area contributed by atoms with Crippen molar-refractivity contribution in [2.75, 3.05) is 24.6 Å². The van der Waals surface area contributed by atoms with Gasteiger partial charge in [0.15, 0.2) is 0 Å². The second-order valence-electron chi connectivity index (χ2n) is 7.65. The lowest BCUT2D eigenvalue weighted by Gasteiger charge is -2.29. The summed E-state index contributed by atoms with van der Waals surface area (Å²) in [6.45, 7) is 9.30. The van der Waals surface area contributed by atoms with Crippen molar-refractivity contribution in [3.63, 3.8) is 0 Å². The van der Waals surface area contributed by atoms with Crippen molar-refractivity contribution in [1.29, 1.82) is 0 Å². The summed E-state index contributed by atoms with van der Waals surface area (Å²) in [6.07, 6.45) is 0.0909. The zero-order valence-electron chi connectivity index (χ0n) is 15.8. The predicted molar refractivity (Wildman–Crippen MR) is 102 cm³/mol. The van der Waals surface area contributed by atoms with Gasteiger partial charge in [-0.15, -0.1) is 4.72 Å². The van der Waals surface area contributed by atoms with Crippen LogP contribution in [0, 0.1) is 11.7 Å². The molecule has 6 nitrogen and oxygen atoms in total. The van der Waals surface area contributed by atoms with E-state index in [9.17, 15) is 13.7 Å². The van der Waals surface area contributed by atoms with Gasteiger partial charge in [-0.1, -0.05) is 0 Å². The van der Waals surface area contributed by atoms with E-state index in [1.807, 2.05) is 27.7 Å². The summed E-state index contributed by atoms with van der Waals surface area (Å²) in [4.78, 5) is 12.9. The summed E-state index contributed by atoms with van der Waals surface area (Å²) in [5.74, 6) is -0.140. The summed E-state index contributed by atoms with van der Waals surface area (Å²) in [7, 11) is 0. The van der Waals surface area contributed by atoms with Gasteiger partial charge in [-0.3, -0.25) is 0 Å². The van der Waals surface area contributed by atoms with Gasteiger partial charge in [-0.2, -0.15) is 0 Å². The molecule has 1 aliphatic rings. The smallest absolute Gasteiger partial charge is 0.404 e. The first kappa shape index (κ1) is 20.8. The molecule has 0 spiro atoms. The van der Waals surface area contributed by atoms with E-state index in [4.69, 9.17) is 10.5 Å². The maximum atomic E-state index is 13.9. The normalized spacial score (nSPS) is 20.1. The van der Waals surface area contributed by atoms with Gasteiger partial charge in [0.05, 0.1) is 12.6 Å². The molecule has 1 amide bonds. The van der Waals surface area contributed by atoms with Gasteiger partial charge in [0.1, 0.15) is 10.6 Å². The summed E-state index contributed by atoms with van der Waals surface area (Å²) < 4.78 is 33.8. The van der Waals surface area contributed by atoms with Crippen LogP contribution in [0.2, 0.25) is 0 Å². The Bertz CT molecular complexity index is 639. The van der Waals surface area contributed by atoms with E-state index in [1.165, 1.54) is 12.1 Å². The van der Waals surface area contributed by atoms with Crippen LogP contribution in [0.3, 0.4) is 0 Å². The van der Waals surface area contributed by atoms with Crippen LogP contribution >= 0.6 is 0 Å². The number of nitrogens with zero attached hydrogens (tertiary/aromatic N) is 1. The second-order valence-corrected chi connectivity index (χ2v) is 9.65. The molecule has 26 heavy (non-hydrogen) atoms. The monoisotopic (exact) mass is 385 g/mol. The van der Waals surface area contributed by atoms with Crippen LogP contribution in [0.5, 0.6) is 0 Å². The van der Waals surface area contributed by atoms with Gasteiger partial charge < -0.3 is 19.9 Å². The van der Waals surface area contributed by atoms with E-state index < -0.39 is 22.2 Å². The van der Waals surface area contributed by atoms with Crippen molar-refractivity contribution in [2.24, 2.45) is 11.7 Å². The molecule has 146 valence electrons. The summed E-state index contributed by atoms with van der Waals surface area (Å²) >= 11 is -1.26. The number of amides is 1. The number of carbonyl (C=O) groups is 1. The van der Waals surface area contributed by atoms with Crippen molar-refractivity contribution >= 4 is 23.1 Å². The number of ether oxygens (including phenoxy) is 1. The average Bonchev–Trinajstić information content (AvgIpc) is 3.00. The number of hydrogen-bond acceptors (Lipinski definition) is 5. The first-order valence-electron chi connectivity index (χ1n) is 8.72. The average molecular weight is 386 g/mol. The van der Waals surface area contributed by atoms with Crippen molar-refractivity contribution in [3.8, 4) is 0 Å². The fourth-order valence-electron chi connectivity index (χ4n) is 2.95. The molecule has 0 radical (unpaired) electrons. The van der Waals surface area contributed by atoms with Crippen LogP contribution in [0.4, 0.5) is 14.9 Å². The number of benzene rings is 1. The molecule has 1 saturated heterocycles. The van der Waals surface area contributed by atoms with Crippen LogP contribution in [0.25, 0.3) is 0 Å². The molecule has 1 heterocycles. The molecule has 0 unspecified atom stereocenters. The Morgan fingerprint density at radius 1 is 1.54 bits per heavy atom. The molecule has 2 rings (SSSR count). The Morgan fingerprint density at radius 2 is 2.23 bits per heavy atom. The third kappa shape index (κ3) is 5.49. The maximum absolute atomic E-state index is 13.9. The molecule has 0 aromatic heterocycles. The summed E-state index contributed by atoms with van der Waals surface area (Å²) in [5.41, 5.74) is 6.69. The van der Waals surface area contributed by atoms with E-state index in [2.05, 4.69) is 9.62 Å². The number of nitrogens with one attached hydrogen (secondary N) is 1. The van der Waals surface area contributed by atoms with E-state index in [0.29, 0.717) is 6.54 Å². The Balaban J connectivity index is 2.14. The Morgan fingerprint density at radius 3 is 2.85 bits per heavy atom. The molecule has 8 heteroatoms. The molecule has 3 N–H and O–H groups in total. The highest BCUT2D eigenvalue weighted by molar-refractivity contribution is 7.90. The standard InChI is InChI=1S/C18H28FN3O3S/c1-12(21-26(24)18(2,3)4)15-9-14(19)5-6-16(15)22-8-7-13(10-22)11-25-17(20)23/h5-6,9,12-13,21H,7-8,10-11H2,1-4H3,(H2,20,23)/t12-,13-,26-/m1/s1. The van der Waals surface area contributed by atoms with Crippen LogP contribution in [0.1, 0.15) is 45.7 Å². The van der Waals surface area contributed by atoms with Gasteiger partial charge in [0, 0.05) is 36.1 Å². The molecular weight excluding hydrogens is 357 g/mol. The Labute approximate surface area is 157 Å². The largest absolute Gasteiger partial charge is 0.598 e. The topological polar surface area (TPSA) is 90.7 Å². The lowest BCUT2D eigenvalue weighted by molar-refractivity contribution is 0.140. The molecule has 1 aromatic carbocycles. The van der Waals surface area contributed by atoms with Crippen molar-refractivity contribution in [3.05, 3.63) is 29.6 Å². The number of anilines is 1. The van der Waals surface area contributed by atoms with E-state index in [0.717, 1.165) is 24.2 Å². The van der Waals surface area contributed by atoms with Gasteiger partial charge in [-0.05, 0) is 57.9 Å². The van der Waals surface area contributed by atoms with E-state index in [-0.39, 0.29) is 24.4 Å². The molecule has 0 saturated carbocycles. The zero-order chi connectivity index (χ0) is 19.5. The van der Waals surface area contributed by atoms with Crippen molar-refractivity contribution in [1.82, 2.24) is 4.72 Å². The van der Waals surface area contributed by atoms with Crippen LogP contribution < -0.4 is 15.4 Å². The number of rotatable bonds is 6. The molecular formula is C18H28FN3O3S. The predicted octanol–water partition coefficient (Wildman–Crippen LogP) is 2.86. The SMILES string of the molecule is C[C@@H](N[S@+]([O-])C(C)(C)C)c1cc(F)ccc1N1CC[C@@H](COC(N)=O)C1. The summed E-state index contributed by atoms with van der Waals surface area (Å²) in [6, 6.07) is 4.39. The molecule has 0 bridgehead atoms. The number of halogens is 1. The van der Waals surface area contributed by atoms with Crippen molar-refractivity contribution in [2.45, 2.75) is 44.9 Å².